The number of halogens is 2. The predicted molar refractivity (Wildman–Crippen MR) is 75.1 cm³/mol. The van der Waals surface area contributed by atoms with Gasteiger partial charge in [-0.2, -0.15) is 0 Å². The number of hydrogen-bond acceptors (Lipinski definition) is 2. The van der Waals surface area contributed by atoms with Gasteiger partial charge in [0.2, 0.25) is 0 Å². The molecule has 2 unspecified atom stereocenters. The number of benzene rings is 1. The first-order valence-corrected chi connectivity index (χ1v) is 7.06. The third kappa shape index (κ3) is 3.25. The van der Waals surface area contributed by atoms with Crippen LogP contribution in [0.1, 0.15) is 29.6 Å². The maximum absolute atomic E-state index is 12.1. The normalized spacial score (nSPS) is 23.1. The summed E-state index contributed by atoms with van der Waals surface area (Å²) in [6, 6.07) is 5.39. The lowest BCUT2D eigenvalue weighted by atomic mass is 10.2. The Labute approximate surface area is 120 Å². The number of ether oxygens (including phenoxy) is 1. The van der Waals surface area contributed by atoms with E-state index in [1.54, 1.807) is 25.3 Å². The summed E-state index contributed by atoms with van der Waals surface area (Å²) in [5.74, 6) is -0.0915. The van der Waals surface area contributed by atoms with Crippen LogP contribution in [0, 0.1) is 0 Å². The molecule has 1 N–H and O–H groups in total. The first kappa shape index (κ1) is 13.8. The zero-order chi connectivity index (χ0) is 13.1. The van der Waals surface area contributed by atoms with E-state index >= 15 is 0 Å². The predicted octanol–water partition coefficient (Wildman–Crippen LogP) is 3.40. The van der Waals surface area contributed by atoms with Gasteiger partial charge in [-0.25, -0.2) is 0 Å². The third-order valence-electron chi connectivity index (χ3n) is 3.23. The quantitative estimate of drug-likeness (QED) is 0.921. The molecule has 2 rings (SSSR count). The molecule has 1 saturated carbocycles. The van der Waals surface area contributed by atoms with E-state index in [-0.39, 0.29) is 18.1 Å². The first-order chi connectivity index (χ1) is 8.60. The van der Waals surface area contributed by atoms with Crippen molar-refractivity contribution in [3.05, 3.63) is 33.3 Å². The molecule has 0 aromatic heterocycles. The Morgan fingerprint density at radius 2 is 2.28 bits per heavy atom. The molecule has 1 fully saturated rings. The number of carbonyl (C=O) groups is 1. The molecule has 0 spiro atoms. The lowest BCUT2D eigenvalue weighted by Crippen LogP contribution is -2.33. The molecule has 5 heteroatoms. The third-order valence-corrected chi connectivity index (χ3v) is 4.15. The number of carbonyl (C=O) groups excluding carboxylic acids is 1. The molecule has 18 heavy (non-hydrogen) atoms. The molecule has 1 aromatic rings. The van der Waals surface area contributed by atoms with Crippen LogP contribution in [0.25, 0.3) is 0 Å². The van der Waals surface area contributed by atoms with Crippen molar-refractivity contribution in [2.24, 2.45) is 0 Å². The summed E-state index contributed by atoms with van der Waals surface area (Å²) in [5, 5.41) is 3.58. The van der Waals surface area contributed by atoms with E-state index in [4.69, 9.17) is 16.3 Å². The van der Waals surface area contributed by atoms with Gasteiger partial charge in [-0.3, -0.25) is 4.79 Å². The second kappa shape index (κ2) is 6.04. The number of methoxy groups -OCH3 is 1. The summed E-state index contributed by atoms with van der Waals surface area (Å²) < 4.78 is 6.05. The number of nitrogens with one attached hydrogen (secondary N) is 1. The van der Waals surface area contributed by atoms with Gasteiger partial charge in [-0.05, 0) is 53.4 Å². The molecule has 98 valence electrons. The Morgan fingerprint density at radius 3 is 2.94 bits per heavy atom. The minimum atomic E-state index is -0.0915. The van der Waals surface area contributed by atoms with Crippen LogP contribution in [0.2, 0.25) is 5.02 Å². The van der Waals surface area contributed by atoms with E-state index in [2.05, 4.69) is 21.2 Å². The molecule has 1 aliphatic carbocycles. The Balaban J connectivity index is 2.02. The van der Waals surface area contributed by atoms with Crippen LogP contribution >= 0.6 is 27.5 Å². The van der Waals surface area contributed by atoms with Gasteiger partial charge in [0.15, 0.2) is 0 Å². The summed E-state index contributed by atoms with van der Waals surface area (Å²) >= 11 is 9.26. The molecule has 0 heterocycles. The highest BCUT2D eigenvalue weighted by atomic mass is 79.9. The Kier molecular flexibility index (Phi) is 4.65. The highest BCUT2D eigenvalue weighted by Crippen LogP contribution is 2.24. The Bertz CT molecular complexity index is 453. The fraction of sp³-hybridized carbons (Fsp3) is 0.462. The number of hydrogen-bond donors (Lipinski definition) is 1. The molecule has 0 radical (unpaired) electrons. The highest BCUT2D eigenvalue weighted by Gasteiger charge is 2.26. The average Bonchev–Trinajstić information content (AvgIpc) is 2.80. The fourth-order valence-electron chi connectivity index (χ4n) is 2.22. The number of rotatable bonds is 3. The second-order valence-corrected chi connectivity index (χ2v) is 5.76. The van der Waals surface area contributed by atoms with Crippen molar-refractivity contribution in [1.29, 1.82) is 0 Å². The van der Waals surface area contributed by atoms with Crippen LogP contribution in [0.5, 0.6) is 0 Å². The monoisotopic (exact) mass is 331 g/mol. The van der Waals surface area contributed by atoms with Gasteiger partial charge in [0.05, 0.1) is 11.7 Å². The van der Waals surface area contributed by atoms with Crippen molar-refractivity contribution in [2.75, 3.05) is 7.11 Å². The molecular formula is C13H15BrClNO2. The topological polar surface area (TPSA) is 38.3 Å². The van der Waals surface area contributed by atoms with Crippen molar-refractivity contribution >= 4 is 33.4 Å². The van der Waals surface area contributed by atoms with Crippen molar-refractivity contribution in [1.82, 2.24) is 5.32 Å². The SMILES string of the molecule is COC1CCC(NC(=O)c2cc(Cl)ccc2Br)C1. The van der Waals surface area contributed by atoms with Crippen molar-refractivity contribution < 1.29 is 9.53 Å². The van der Waals surface area contributed by atoms with E-state index in [1.165, 1.54) is 0 Å². The zero-order valence-electron chi connectivity index (χ0n) is 10.1. The summed E-state index contributed by atoms with van der Waals surface area (Å²) in [6.45, 7) is 0. The van der Waals surface area contributed by atoms with Gasteiger partial charge in [0.1, 0.15) is 0 Å². The smallest absolute Gasteiger partial charge is 0.252 e. The zero-order valence-corrected chi connectivity index (χ0v) is 12.4. The average molecular weight is 333 g/mol. The molecule has 3 nitrogen and oxygen atoms in total. The maximum Gasteiger partial charge on any atom is 0.252 e. The lowest BCUT2D eigenvalue weighted by molar-refractivity contribution is 0.0914. The minimum Gasteiger partial charge on any atom is -0.381 e. The van der Waals surface area contributed by atoms with Gasteiger partial charge in [-0.1, -0.05) is 11.6 Å². The first-order valence-electron chi connectivity index (χ1n) is 5.89. The van der Waals surface area contributed by atoms with Crippen LogP contribution in [0.3, 0.4) is 0 Å². The molecule has 2 atom stereocenters. The van der Waals surface area contributed by atoms with E-state index in [0.717, 1.165) is 23.7 Å². The van der Waals surface area contributed by atoms with E-state index < -0.39 is 0 Å². The standard InChI is InChI=1S/C13H15BrClNO2/c1-18-10-4-3-9(7-10)16-13(17)11-6-8(15)2-5-12(11)14/h2,5-6,9-10H,3-4,7H2,1H3,(H,16,17). The van der Waals surface area contributed by atoms with Crippen LogP contribution in [0.4, 0.5) is 0 Å². The molecule has 1 amide bonds. The van der Waals surface area contributed by atoms with Crippen LogP contribution in [-0.2, 0) is 4.74 Å². The van der Waals surface area contributed by atoms with Crippen molar-refractivity contribution in [2.45, 2.75) is 31.4 Å². The van der Waals surface area contributed by atoms with Gasteiger partial charge >= 0.3 is 0 Å². The summed E-state index contributed by atoms with van der Waals surface area (Å²) in [5.41, 5.74) is 0.573. The largest absolute Gasteiger partial charge is 0.381 e. The van der Waals surface area contributed by atoms with Crippen molar-refractivity contribution in [3.8, 4) is 0 Å². The summed E-state index contributed by atoms with van der Waals surface area (Å²) in [6.07, 6.45) is 3.10. The fourth-order valence-corrected chi connectivity index (χ4v) is 2.82. The molecular weight excluding hydrogens is 318 g/mol. The Hall–Kier alpha value is -0.580. The van der Waals surface area contributed by atoms with Crippen molar-refractivity contribution in [3.63, 3.8) is 0 Å². The second-order valence-electron chi connectivity index (χ2n) is 4.47. The van der Waals surface area contributed by atoms with Gasteiger partial charge in [0, 0.05) is 22.6 Å². The number of amides is 1. The molecule has 0 aliphatic heterocycles. The van der Waals surface area contributed by atoms with E-state index in [9.17, 15) is 4.79 Å². The molecule has 0 saturated heterocycles. The van der Waals surface area contributed by atoms with Gasteiger partial charge in [-0.15, -0.1) is 0 Å². The molecule has 0 bridgehead atoms. The molecule has 1 aliphatic rings. The lowest BCUT2D eigenvalue weighted by Gasteiger charge is -2.13. The molecule has 1 aromatic carbocycles. The summed E-state index contributed by atoms with van der Waals surface area (Å²) in [7, 11) is 1.71. The van der Waals surface area contributed by atoms with E-state index in [0.29, 0.717) is 10.6 Å². The van der Waals surface area contributed by atoms with Gasteiger partial charge in [0.25, 0.3) is 5.91 Å². The summed E-state index contributed by atoms with van der Waals surface area (Å²) in [4.78, 5) is 12.1. The van der Waals surface area contributed by atoms with Crippen LogP contribution < -0.4 is 5.32 Å². The van der Waals surface area contributed by atoms with Gasteiger partial charge < -0.3 is 10.1 Å². The highest BCUT2D eigenvalue weighted by molar-refractivity contribution is 9.10. The van der Waals surface area contributed by atoms with Crippen LogP contribution in [0.15, 0.2) is 22.7 Å². The van der Waals surface area contributed by atoms with E-state index in [1.807, 2.05) is 0 Å². The Morgan fingerprint density at radius 1 is 1.50 bits per heavy atom. The maximum atomic E-state index is 12.1. The minimum absolute atomic E-state index is 0.0915. The van der Waals surface area contributed by atoms with Crippen LogP contribution in [-0.4, -0.2) is 25.2 Å².